The van der Waals surface area contributed by atoms with E-state index < -0.39 is 0 Å². The molecule has 1 heterocycles. The van der Waals surface area contributed by atoms with Gasteiger partial charge in [-0.15, -0.1) is 0 Å². The summed E-state index contributed by atoms with van der Waals surface area (Å²) in [5.41, 5.74) is 0. The van der Waals surface area contributed by atoms with Crippen LogP contribution in [0, 0.1) is 0 Å². The van der Waals surface area contributed by atoms with Crippen molar-refractivity contribution in [1.29, 1.82) is 0 Å². The largest absolute Gasteiger partial charge is 0.346 e. The number of hydrogen-bond acceptors (Lipinski definition) is 1. The fourth-order valence-electron chi connectivity index (χ4n) is 1.42. The number of hydrogen-bond donors (Lipinski definition) is 0. The standard InChI is InChI=1S/C8H17N3.C2H6/c1-4-9-8-10(2)6-5-7-11(8)3;1-2/h4-7H2,1-3H3;1-2H3. The van der Waals surface area contributed by atoms with Crippen LogP contribution in [0.15, 0.2) is 4.99 Å². The molecule has 78 valence electrons. The van der Waals surface area contributed by atoms with Gasteiger partial charge in [-0.05, 0) is 13.3 Å². The van der Waals surface area contributed by atoms with Crippen LogP contribution in [0.3, 0.4) is 0 Å². The van der Waals surface area contributed by atoms with Gasteiger partial charge in [-0.2, -0.15) is 0 Å². The number of guanidine groups is 1. The van der Waals surface area contributed by atoms with Gasteiger partial charge in [0.2, 0.25) is 0 Å². The highest BCUT2D eigenvalue weighted by atomic mass is 15.4. The van der Waals surface area contributed by atoms with E-state index in [9.17, 15) is 0 Å². The van der Waals surface area contributed by atoms with Gasteiger partial charge in [-0.1, -0.05) is 13.8 Å². The third-order valence-electron chi connectivity index (χ3n) is 1.97. The Morgan fingerprint density at radius 2 is 1.62 bits per heavy atom. The molecule has 0 amide bonds. The van der Waals surface area contributed by atoms with E-state index in [-0.39, 0.29) is 0 Å². The molecular formula is C10H23N3. The summed E-state index contributed by atoms with van der Waals surface area (Å²) in [7, 11) is 4.20. The van der Waals surface area contributed by atoms with Crippen LogP contribution in [0.1, 0.15) is 27.2 Å². The Kier molecular flexibility index (Phi) is 6.37. The van der Waals surface area contributed by atoms with Crippen LogP contribution < -0.4 is 0 Å². The van der Waals surface area contributed by atoms with E-state index in [1.165, 1.54) is 6.42 Å². The summed E-state index contributed by atoms with van der Waals surface area (Å²) in [4.78, 5) is 8.84. The van der Waals surface area contributed by atoms with Gasteiger partial charge in [0.1, 0.15) is 0 Å². The van der Waals surface area contributed by atoms with Crippen molar-refractivity contribution < 1.29 is 0 Å². The molecule has 0 saturated carbocycles. The quantitative estimate of drug-likeness (QED) is 0.618. The van der Waals surface area contributed by atoms with Crippen LogP contribution in [0.5, 0.6) is 0 Å². The van der Waals surface area contributed by atoms with E-state index in [0.717, 1.165) is 25.6 Å². The highest BCUT2D eigenvalue weighted by molar-refractivity contribution is 5.80. The topological polar surface area (TPSA) is 18.8 Å². The molecule has 1 aliphatic rings. The van der Waals surface area contributed by atoms with Crippen molar-refractivity contribution in [3.63, 3.8) is 0 Å². The molecule has 0 aromatic rings. The highest BCUT2D eigenvalue weighted by Crippen LogP contribution is 2.04. The fraction of sp³-hybridized carbons (Fsp3) is 0.900. The minimum absolute atomic E-state index is 0.879. The van der Waals surface area contributed by atoms with Crippen molar-refractivity contribution in [2.45, 2.75) is 27.2 Å². The Labute approximate surface area is 82.4 Å². The zero-order valence-corrected chi connectivity index (χ0v) is 9.67. The summed E-state index contributed by atoms with van der Waals surface area (Å²) in [6, 6.07) is 0. The maximum absolute atomic E-state index is 4.41. The maximum Gasteiger partial charge on any atom is 0.196 e. The van der Waals surface area contributed by atoms with Gasteiger partial charge in [-0.25, -0.2) is 0 Å². The Balaban J connectivity index is 0.000000671. The predicted octanol–water partition coefficient (Wildman–Crippen LogP) is 1.66. The number of rotatable bonds is 1. The van der Waals surface area contributed by atoms with Gasteiger partial charge < -0.3 is 9.80 Å². The van der Waals surface area contributed by atoms with Gasteiger partial charge in [0.05, 0.1) is 0 Å². The van der Waals surface area contributed by atoms with E-state index in [1.54, 1.807) is 0 Å². The number of aliphatic imine (C=N–C) groups is 1. The monoisotopic (exact) mass is 185 g/mol. The summed E-state index contributed by atoms with van der Waals surface area (Å²) in [5, 5.41) is 0. The molecule has 0 N–H and O–H groups in total. The third kappa shape index (κ3) is 3.66. The Bertz CT molecular complexity index is 142. The van der Waals surface area contributed by atoms with Crippen molar-refractivity contribution in [1.82, 2.24) is 9.80 Å². The van der Waals surface area contributed by atoms with E-state index >= 15 is 0 Å². The molecule has 0 bridgehead atoms. The van der Waals surface area contributed by atoms with Crippen molar-refractivity contribution in [3.05, 3.63) is 0 Å². The Morgan fingerprint density at radius 1 is 1.15 bits per heavy atom. The lowest BCUT2D eigenvalue weighted by molar-refractivity contribution is 0.317. The predicted molar refractivity (Wildman–Crippen MR) is 59.2 cm³/mol. The molecule has 0 unspecified atom stereocenters. The normalized spacial score (nSPS) is 16.5. The van der Waals surface area contributed by atoms with E-state index in [1.807, 2.05) is 13.8 Å². The molecular weight excluding hydrogens is 162 g/mol. The zero-order valence-electron chi connectivity index (χ0n) is 9.67. The molecule has 0 radical (unpaired) electrons. The van der Waals surface area contributed by atoms with Crippen LogP contribution in [0.4, 0.5) is 0 Å². The van der Waals surface area contributed by atoms with Crippen molar-refractivity contribution in [2.75, 3.05) is 33.7 Å². The van der Waals surface area contributed by atoms with Gasteiger partial charge >= 0.3 is 0 Å². The first-order valence-electron chi connectivity index (χ1n) is 5.22. The second-order valence-corrected chi connectivity index (χ2v) is 2.97. The minimum atomic E-state index is 0.879. The second kappa shape index (κ2) is 6.75. The molecule has 0 aromatic heterocycles. The first-order valence-corrected chi connectivity index (χ1v) is 5.22. The molecule has 1 saturated heterocycles. The molecule has 1 rings (SSSR count). The first kappa shape index (κ1) is 12.3. The molecule has 1 aliphatic heterocycles. The minimum Gasteiger partial charge on any atom is -0.346 e. The first-order chi connectivity index (χ1) is 6.25. The molecule has 1 fully saturated rings. The van der Waals surface area contributed by atoms with E-state index in [2.05, 4.69) is 35.8 Å². The zero-order chi connectivity index (χ0) is 10.3. The molecule has 0 atom stereocenters. The second-order valence-electron chi connectivity index (χ2n) is 2.97. The lowest BCUT2D eigenvalue weighted by Gasteiger charge is -2.34. The van der Waals surface area contributed by atoms with Crippen LogP contribution in [0.2, 0.25) is 0 Å². The molecule has 0 aliphatic carbocycles. The van der Waals surface area contributed by atoms with Crippen molar-refractivity contribution >= 4 is 5.96 Å². The Hall–Kier alpha value is -0.730. The molecule has 0 spiro atoms. The summed E-state index contributed by atoms with van der Waals surface area (Å²) in [6.45, 7) is 9.24. The van der Waals surface area contributed by atoms with Gasteiger partial charge in [0, 0.05) is 33.7 Å². The smallest absolute Gasteiger partial charge is 0.196 e. The Morgan fingerprint density at radius 3 is 2.00 bits per heavy atom. The average Bonchev–Trinajstić information content (AvgIpc) is 2.15. The van der Waals surface area contributed by atoms with Crippen LogP contribution in [-0.2, 0) is 0 Å². The number of nitrogens with zero attached hydrogens (tertiary/aromatic N) is 3. The summed E-state index contributed by atoms with van der Waals surface area (Å²) >= 11 is 0. The third-order valence-corrected chi connectivity index (χ3v) is 1.97. The summed E-state index contributed by atoms with van der Waals surface area (Å²) < 4.78 is 0. The summed E-state index contributed by atoms with van der Waals surface area (Å²) in [6.07, 6.45) is 1.25. The fourth-order valence-corrected chi connectivity index (χ4v) is 1.42. The van der Waals surface area contributed by atoms with Crippen molar-refractivity contribution in [3.8, 4) is 0 Å². The molecule has 0 aromatic carbocycles. The van der Waals surface area contributed by atoms with Crippen LogP contribution in [-0.4, -0.2) is 49.5 Å². The van der Waals surface area contributed by atoms with Crippen LogP contribution in [0.25, 0.3) is 0 Å². The van der Waals surface area contributed by atoms with Gasteiger partial charge in [0.15, 0.2) is 5.96 Å². The lowest BCUT2D eigenvalue weighted by Crippen LogP contribution is -2.46. The maximum atomic E-state index is 4.41. The molecule has 3 heteroatoms. The van der Waals surface area contributed by atoms with Gasteiger partial charge in [-0.3, -0.25) is 4.99 Å². The van der Waals surface area contributed by atoms with Crippen LogP contribution >= 0.6 is 0 Å². The lowest BCUT2D eigenvalue weighted by atomic mass is 10.3. The molecule has 13 heavy (non-hydrogen) atoms. The molecule has 3 nitrogen and oxygen atoms in total. The van der Waals surface area contributed by atoms with Gasteiger partial charge in [0.25, 0.3) is 0 Å². The van der Waals surface area contributed by atoms with Crippen molar-refractivity contribution in [2.24, 2.45) is 4.99 Å². The summed E-state index contributed by atoms with van der Waals surface area (Å²) in [5.74, 6) is 1.14. The highest BCUT2D eigenvalue weighted by Gasteiger charge is 2.15. The van der Waals surface area contributed by atoms with E-state index in [4.69, 9.17) is 0 Å². The van der Waals surface area contributed by atoms with E-state index in [0.29, 0.717) is 0 Å². The SMILES string of the molecule is CC.CCN=C1N(C)CCCN1C. The average molecular weight is 185 g/mol.